The molecule has 0 unspecified atom stereocenters. The first-order chi connectivity index (χ1) is 15.1. The molecule has 1 aromatic heterocycles. The lowest BCUT2D eigenvalue weighted by atomic mass is 10.1. The van der Waals surface area contributed by atoms with Gasteiger partial charge >= 0.3 is 0 Å². The largest absolute Gasteiger partial charge is 0.486 e. The number of carbonyl (C=O) groups is 1. The van der Waals surface area contributed by atoms with Crippen LogP contribution in [0.1, 0.15) is 41.9 Å². The van der Waals surface area contributed by atoms with Gasteiger partial charge in [0.1, 0.15) is 19.0 Å². The van der Waals surface area contributed by atoms with E-state index in [0.717, 1.165) is 37.9 Å². The Morgan fingerprint density at radius 2 is 1.81 bits per heavy atom. The number of nitrogens with one attached hydrogen (secondary N) is 1. The van der Waals surface area contributed by atoms with E-state index in [1.807, 2.05) is 0 Å². The highest BCUT2D eigenvalue weighted by atomic mass is 35.5. The van der Waals surface area contributed by atoms with Crippen molar-refractivity contribution in [1.82, 2.24) is 9.55 Å². The second-order valence-electron chi connectivity index (χ2n) is 7.81. The van der Waals surface area contributed by atoms with Crippen molar-refractivity contribution in [2.75, 3.05) is 18.5 Å². The van der Waals surface area contributed by atoms with Crippen LogP contribution in [0.2, 0.25) is 5.02 Å². The van der Waals surface area contributed by atoms with Crippen LogP contribution in [0.5, 0.6) is 11.5 Å². The fourth-order valence-corrected chi connectivity index (χ4v) is 4.29. The van der Waals surface area contributed by atoms with Crippen LogP contribution in [0.3, 0.4) is 0 Å². The number of aromatic nitrogens is 2. The van der Waals surface area contributed by atoms with Gasteiger partial charge in [0.2, 0.25) is 0 Å². The van der Waals surface area contributed by atoms with Gasteiger partial charge in [-0.2, -0.15) is 0 Å². The fraction of sp³-hybridized carbons (Fsp3) is 0.348. The van der Waals surface area contributed by atoms with Crippen molar-refractivity contribution >= 4 is 34.1 Å². The monoisotopic (exact) mass is 439 g/mol. The molecular formula is C23H22ClN3O4. The number of rotatable bonds is 2. The fourth-order valence-electron chi connectivity index (χ4n) is 4.09. The van der Waals surface area contributed by atoms with Gasteiger partial charge in [-0.1, -0.05) is 24.4 Å². The normalized spacial score (nSPS) is 15.6. The molecule has 1 N–H and O–H groups in total. The number of hydrogen-bond acceptors (Lipinski definition) is 5. The van der Waals surface area contributed by atoms with E-state index in [1.54, 1.807) is 34.9 Å². The molecule has 0 saturated carbocycles. The molecule has 0 bridgehead atoms. The maximum absolute atomic E-state index is 13.0. The van der Waals surface area contributed by atoms with Gasteiger partial charge in [-0.05, 0) is 31.0 Å². The zero-order valence-corrected chi connectivity index (χ0v) is 17.7. The van der Waals surface area contributed by atoms with Crippen LogP contribution in [0.25, 0.3) is 10.9 Å². The minimum Gasteiger partial charge on any atom is -0.486 e. The standard InChI is InChI=1S/C23H22ClN3O4/c24-16-12-19-20(31-10-9-30-19)13-18(16)26-22(28)14-6-7-15-17(11-14)25-21-5-3-1-2-4-8-27(21)23(15)29/h6-7,11-13H,1-5,8-10H2,(H,26,28). The SMILES string of the molecule is O=C(Nc1cc2c(cc1Cl)OCCO2)c1ccc2c(=O)n3c(nc2c1)CCCCCC3. The van der Waals surface area contributed by atoms with Crippen molar-refractivity contribution in [3.8, 4) is 11.5 Å². The maximum Gasteiger partial charge on any atom is 0.261 e. The first-order valence-corrected chi connectivity index (χ1v) is 10.9. The molecule has 0 radical (unpaired) electrons. The molecule has 0 aliphatic carbocycles. The predicted octanol–water partition coefficient (Wildman–Crippen LogP) is 4.19. The van der Waals surface area contributed by atoms with Crippen molar-refractivity contribution in [2.45, 2.75) is 38.6 Å². The molecule has 1 amide bonds. The summed E-state index contributed by atoms with van der Waals surface area (Å²) in [5, 5.41) is 3.70. The average molecular weight is 440 g/mol. The van der Waals surface area contributed by atoms with E-state index >= 15 is 0 Å². The number of ether oxygens (including phenoxy) is 2. The Morgan fingerprint density at radius 3 is 2.65 bits per heavy atom. The van der Waals surface area contributed by atoms with Crippen LogP contribution in [0, 0.1) is 0 Å². The minimum atomic E-state index is -0.339. The third-order valence-electron chi connectivity index (χ3n) is 5.71. The van der Waals surface area contributed by atoms with Gasteiger partial charge in [-0.15, -0.1) is 0 Å². The van der Waals surface area contributed by atoms with E-state index in [9.17, 15) is 9.59 Å². The number of carbonyl (C=O) groups excluding carboxylic acids is 1. The van der Waals surface area contributed by atoms with Crippen LogP contribution in [-0.4, -0.2) is 28.7 Å². The van der Waals surface area contributed by atoms with E-state index in [1.165, 1.54) is 0 Å². The first kappa shape index (κ1) is 19.9. The Kier molecular flexibility index (Phi) is 5.28. The van der Waals surface area contributed by atoms with Gasteiger partial charge in [0.15, 0.2) is 11.5 Å². The number of anilines is 1. The van der Waals surface area contributed by atoms with Gasteiger partial charge in [0.25, 0.3) is 11.5 Å². The van der Waals surface area contributed by atoms with Crippen LogP contribution in [0.15, 0.2) is 35.1 Å². The molecule has 8 heteroatoms. The van der Waals surface area contributed by atoms with Crippen LogP contribution in [0.4, 0.5) is 5.69 Å². The van der Waals surface area contributed by atoms with Crippen molar-refractivity contribution in [2.24, 2.45) is 0 Å². The summed E-state index contributed by atoms with van der Waals surface area (Å²) in [4.78, 5) is 30.6. The second kappa shape index (κ2) is 8.23. The summed E-state index contributed by atoms with van der Waals surface area (Å²) >= 11 is 6.31. The first-order valence-electron chi connectivity index (χ1n) is 10.5. The summed E-state index contributed by atoms with van der Waals surface area (Å²) < 4.78 is 12.9. The summed E-state index contributed by atoms with van der Waals surface area (Å²) in [6, 6.07) is 8.27. The molecule has 3 heterocycles. The Morgan fingerprint density at radius 1 is 1.03 bits per heavy atom. The molecule has 2 aliphatic rings. The maximum atomic E-state index is 13.0. The summed E-state index contributed by atoms with van der Waals surface area (Å²) in [5.74, 6) is 1.55. The Hall–Kier alpha value is -3.06. The number of fused-ring (bicyclic) bond motifs is 3. The molecule has 31 heavy (non-hydrogen) atoms. The lowest BCUT2D eigenvalue weighted by Gasteiger charge is -2.20. The molecule has 0 spiro atoms. The third-order valence-corrected chi connectivity index (χ3v) is 6.02. The molecule has 7 nitrogen and oxygen atoms in total. The third kappa shape index (κ3) is 3.85. The van der Waals surface area contributed by atoms with Gasteiger partial charge in [0, 0.05) is 30.7 Å². The molecule has 5 rings (SSSR count). The van der Waals surface area contributed by atoms with E-state index < -0.39 is 0 Å². The van der Waals surface area contributed by atoms with Crippen molar-refractivity contribution in [3.63, 3.8) is 0 Å². The van der Waals surface area contributed by atoms with Crippen molar-refractivity contribution in [1.29, 1.82) is 0 Å². The molecule has 2 aromatic carbocycles. The van der Waals surface area contributed by atoms with Crippen LogP contribution >= 0.6 is 11.6 Å². The van der Waals surface area contributed by atoms with E-state index in [2.05, 4.69) is 5.32 Å². The molecular weight excluding hydrogens is 418 g/mol. The molecule has 3 aromatic rings. The Balaban J connectivity index is 1.47. The Bertz CT molecular complexity index is 1240. The number of aryl methyl sites for hydroxylation is 1. The van der Waals surface area contributed by atoms with Gasteiger partial charge in [-0.25, -0.2) is 4.98 Å². The summed E-state index contributed by atoms with van der Waals surface area (Å²) in [5.41, 5.74) is 1.34. The van der Waals surface area contributed by atoms with Gasteiger partial charge in [-0.3, -0.25) is 14.2 Å². The average Bonchev–Trinajstić information content (AvgIpc) is 2.75. The van der Waals surface area contributed by atoms with E-state index in [-0.39, 0.29) is 11.5 Å². The highest BCUT2D eigenvalue weighted by Crippen LogP contribution is 2.38. The molecule has 0 fully saturated rings. The highest BCUT2D eigenvalue weighted by Gasteiger charge is 2.18. The van der Waals surface area contributed by atoms with Crippen molar-refractivity contribution < 1.29 is 14.3 Å². The summed E-state index contributed by atoms with van der Waals surface area (Å²) in [7, 11) is 0. The molecule has 2 aliphatic heterocycles. The Labute approximate surface area is 183 Å². The van der Waals surface area contributed by atoms with Crippen LogP contribution < -0.4 is 20.3 Å². The molecule has 0 atom stereocenters. The van der Waals surface area contributed by atoms with E-state index in [0.29, 0.717) is 58.4 Å². The van der Waals surface area contributed by atoms with Crippen molar-refractivity contribution in [3.05, 3.63) is 57.1 Å². The van der Waals surface area contributed by atoms with Crippen LogP contribution in [-0.2, 0) is 13.0 Å². The van der Waals surface area contributed by atoms with Gasteiger partial charge < -0.3 is 14.8 Å². The topological polar surface area (TPSA) is 82.5 Å². The number of amides is 1. The quantitative estimate of drug-likeness (QED) is 0.647. The number of halogens is 1. The molecule has 0 saturated heterocycles. The molecule has 160 valence electrons. The predicted molar refractivity (Wildman–Crippen MR) is 119 cm³/mol. The highest BCUT2D eigenvalue weighted by molar-refractivity contribution is 6.34. The lowest BCUT2D eigenvalue weighted by Crippen LogP contribution is -2.26. The zero-order chi connectivity index (χ0) is 21.4. The van der Waals surface area contributed by atoms with E-state index in [4.69, 9.17) is 26.1 Å². The summed E-state index contributed by atoms with van der Waals surface area (Å²) in [6.45, 7) is 1.60. The lowest BCUT2D eigenvalue weighted by molar-refractivity contribution is 0.102. The zero-order valence-electron chi connectivity index (χ0n) is 16.9. The van der Waals surface area contributed by atoms with Gasteiger partial charge in [0.05, 0.1) is 21.6 Å². The second-order valence-corrected chi connectivity index (χ2v) is 8.22. The summed E-state index contributed by atoms with van der Waals surface area (Å²) in [6.07, 6.45) is 5.05. The number of benzene rings is 2. The smallest absolute Gasteiger partial charge is 0.261 e. The number of nitrogens with zero attached hydrogens (tertiary/aromatic N) is 2. The number of hydrogen-bond donors (Lipinski definition) is 1. The minimum absolute atomic E-state index is 0.0382.